The lowest BCUT2D eigenvalue weighted by atomic mass is 10.4. The Labute approximate surface area is 89.7 Å². The highest BCUT2D eigenvalue weighted by Crippen LogP contribution is 2.22. The van der Waals surface area contributed by atoms with Crippen molar-refractivity contribution >= 4 is 33.0 Å². The maximum absolute atomic E-state index is 5.34. The van der Waals surface area contributed by atoms with E-state index in [4.69, 9.17) is 10.6 Å². The number of hydrogen-bond donors (Lipinski definition) is 1. The Morgan fingerprint density at radius 3 is 3.00 bits per heavy atom. The van der Waals surface area contributed by atoms with Gasteiger partial charge in [0.2, 0.25) is 0 Å². The van der Waals surface area contributed by atoms with Crippen LogP contribution in [0.3, 0.4) is 0 Å². The zero-order chi connectivity index (χ0) is 9.68. The summed E-state index contributed by atoms with van der Waals surface area (Å²) in [5.74, 6) is 0. The Balaban J connectivity index is 2.35. The minimum absolute atomic E-state index is 0.439. The average Bonchev–Trinajstić information content (AvgIpc) is 2.51. The molecule has 5 heteroatoms. The van der Waals surface area contributed by atoms with Crippen LogP contribution in [0.4, 0.5) is 0 Å². The lowest BCUT2D eigenvalue weighted by Gasteiger charge is -1.97. The molecule has 3 nitrogen and oxygen atoms in total. The van der Waals surface area contributed by atoms with E-state index >= 15 is 0 Å². The van der Waals surface area contributed by atoms with Gasteiger partial charge in [0.25, 0.3) is 0 Å². The van der Waals surface area contributed by atoms with E-state index in [0.29, 0.717) is 13.2 Å². The molecule has 0 radical (unpaired) electrons. The van der Waals surface area contributed by atoms with Gasteiger partial charge in [-0.15, -0.1) is 11.3 Å². The van der Waals surface area contributed by atoms with Crippen molar-refractivity contribution in [3.05, 3.63) is 20.8 Å². The van der Waals surface area contributed by atoms with Crippen molar-refractivity contribution in [1.29, 1.82) is 0 Å². The molecule has 0 aliphatic rings. The third-order valence-corrected chi connectivity index (χ3v) is 2.95. The topological polar surface area (TPSA) is 47.6 Å². The monoisotopic (exact) mass is 262 g/mol. The van der Waals surface area contributed by atoms with Crippen molar-refractivity contribution in [2.75, 3.05) is 6.54 Å². The molecule has 0 fully saturated rings. The summed E-state index contributed by atoms with van der Waals surface area (Å²) in [5, 5.41) is 3.83. The summed E-state index contributed by atoms with van der Waals surface area (Å²) in [7, 11) is 0. The van der Waals surface area contributed by atoms with E-state index in [9.17, 15) is 0 Å². The first-order chi connectivity index (χ1) is 6.22. The number of hydrogen-bond acceptors (Lipinski definition) is 4. The molecule has 0 aromatic carbocycles. The van der Waals surface area contributed by atoms with Crippen molar-refractivity contribution in [1.82, 2.24) is 0 Å². The Kier molecular flexibility index (Phi) is 4.41. The summed E-state index contributed by atoms with van der Waals surface area (Å²) >= 11 is 5.01. The van der Waals surface area contributed by atoms with Crippen LogP contribution in [0.2, 0.25) is 0 Å². The normalized spacial score (nSPS) is 11.8. The molecule has 0 spiro atoms. The molecule has 72 valence electrons. The molecule has 1 heterocycles. The van der Waals surface area contributed by atoms with E-state index in [0.717, 1.165) is 14.4 Å². The molecule has 0 amide bonds. The molecule has 1 aromatic rings. The Morgan fingerprint density at radius 1 is 1.69 bits per heavy atom. The third kappa shape index (κ3) is 3.89. The maximum atomic E-state index is 5.34. The molecule has 13 heavy (non-hydrogen) atoms. The second kappa shape index (κ2) is 5.36. The predicted molar refractivity (Wildman–Crippen MR) is 59.0 cm³/mol. The van der Waals surface area contributed by atoms with Crippen LogP contribution in [0.5, 0.6) is 0 Å². The molecule has 0 saturated heterocycles. The summed E-state index contributed by atoms with van der Waals surface area (Å²) in [5.41, 5.74) is 6.14. The van der Waals surface area contributed by atoms with Gasteiger partial charge in [0, 0.05) is 11.4 Å². The van der Waals surface area contributed by atoms with Gasteiger partial charge in [-0.05, 0) is 35.0 Å². The zero-order valence-electron chi connectivity index (χ0n) is 7.29. The number of nitrogens with two attached hydrogens (primary N) is 1. The van der Waals surface area contributed by atoms with E-state index in [1.54, 1.807) is 11.3 Å². The summed E-state index contributed by atoms with van der Waals surface area (Å²) in [6, 6.07) is 3.99. The van der Waals surface area contributed by atoms with Gasteiger partial charge in [-0.2, -0.15) is 0 Å². The molecular weight excluding hydrogens is 252 g/mol. The van der Waals surface area contributed by atoms with Crippen LogP contribution in [-0.4, -0.2) is 12.3 Å². The fraction of sp³-hybridized carbons (Fsp3) is 0.375. The van der Waals surface area contributed by atoms with Crippen LogP contribution < -0.4 is 5.73 Å². The number of nitrogens with zero attached hydrogens (tertiary/aromatic N) is 1. The molecule has 0 unspecified atom stereocenters. The standard InChI is InChI=1S/C8H11BrN2OS/c1-6(4-10)11-12-5-7-2-3-8(9)13-7/h2-3H,4-5,10H2,1H3/b11-6+. The molecular formula is C8H11BrN2OS. The van der Waals surface area contributed by atoms with Crippen molar-refractivity contribution in [3.8, 4) is 0 Å². The third-order valence-electron chi connectivity index (χ3n) is 1.35. The molecule has 0 aliphatic heterocycles. The van der Waals surface area contributed by atoms with Gasteiger partial charge in [0.1, 0.15) is 0 Å². The van der Waals surface area contributed by atoms with E-state index in [-0.39, 0.29) is 0 Å². The largest absolute Gasteiger partial charge is 0.390 e. The number of rotatable bonds is 4. The first-order valence-electron chi connectivity index (χ1n) is 3.82. The van der Waals surface area contributed by atoms with Crippen LogP contribution >= 0.6 is 27.3 Å². The molecule has 1 aromatic heterocycles. The summed E-state index contributed by atoms with van der Waals surface area (Å²) < 4.78 is 1.10. The molecule has 0 saturated carbocycles. The van der Waals surface area contributed by atoms with Gasteiger partial charge in [0.05, 0.1) is 9.50 Å². The molecule has 0 aliphatic carbocycles. The fourth-order valence-electron chi connectivity index (χ4n) is 0.673. The lowest BCUT2D eigenvalue weighted by Crippen LogP contribution is -2.09. The van der Waals surface area contributed by atoms with Crippen LogP contribution in [-0.2, 0) is 11.4 Å². The minimum Gasteiger partial charge on any atom is -0.390 e. The van der Waals surface area contributed by atoms with Crippen LogP contribution in [0.25, 0.3) is 0 Å². The zero-order valence-corrected chi connectivity index (χ0v) is 9.69. The lowest BCUT2D eigenvalue weighted by molar-refractivity contribution is 0.132. The Hall–Kier alpha value is -0.390. The fourth-order valence-corrected chi connectivity index (χ4v) is 2.06. The quantitative estimate of drug-likeness (QED) is 0.669. The summed E-state index contributed by atoms with van der Waals surface area (Å²) in [4.78, 5) is 6.22. The van der Waals surface area contributed by atoms with Gasteiger partial charge < -0.3 is 10.6 Å². The number of oxime groups is 1. The second-order valence-electron chi connectivity index (χ2n) is 2.51. The van der Waals surface area contributed by atoms with E-state index in [1.165, 1.54) is 0 Å². The van der Waals surface area contributed by atoms with Gasteiger partial charge >= 0.3 is 0 Å². The van der Waals surface area contributed by atoms with E-state index in [1.807, 2.05) is 19.1 Å². The van der Waals surface area contributed by atoms with Crippen molar-refractivity contribution in [2.24, 2.45) is 10.9 Å². The first kappa shape index (κ1) is 10.7. The predicted octanol–water partition coefficient (Wildman–Crippen LogP) is 2.36. The smallest absolute Gasteiger partial charge is 0.151 e. The molecule has 0 bridgehead atoms. The molecule has 1 rings (SSSR count). The maximum Gasteiger partial charge on any atom is 0.151 e. The molecule has 2 N–H and O–H groups in total. The van der Waals surface area contributed by atoms with Gasteiger partial charge in [-0.3, -0.25) is 0 Å². The van der Waals surface area contributed by atoms with Crippen LogP contribution in [0.15, 0.2) is 21.1 Å². The van der Waals surface area contributed by atoms with Crippen LogP contribution in [0.1, 0.15) is 11.8 Å². The SMILES string of the molecule is C/C(CN)=N\OCc1ccc(Br)s1. The first-order valence-corrected chi connectivity index (χ1v) is 5.43. The highest BCUT2D eigenvalue weighted by Gasteiger charge is 1.97. The second-order valence-corrected chi connectivity index (χ2v) is 5.06. The van der Waals surface area contributed by atoms with Gasteiger partial charge in [-0.1, -0.05) is 5.16 Å². The van der Waals surface area contributed by atoms with E-state index < -0.39 is 0 Å². The van der Waals surface area contributed by atoms with Gasteiger partial charge in [0.15, 0.2) is 6.61 Å². The summed E-state index contributed by atoms with van der Waals surface area (Å²) in [6.07, 6.45) is 0. The van der Waals surface area contributed by atoms with Crippen molar-refractivity contribution in [3.63, 3.8) is 0 Å². The summed E-state index contributed by atoms with van der Waals surface area (Å²) in [6.45, 7) is 2.78. The van der Waals surface area contributed by atoms with Crippen LogP contribution in [0, 0.1) is 0 Å². The average molecular weight is 263 g/mol. The highest BCUT2D eigenvalue weighted by molar-refractivity contribution is 9.11. The van der Waals surface area contributed by atoms with E-state index in [2.05, 4.69) is 21.1 Å². The number of halogens is 1. The minimum atomic E-state index is 0.439. The Bertz CT molecular complexity index is 298. The van der Waals surface area contributed by atoms with Crippen molar-refractivity contribution in [2.45, 2.75) is 13.5 Å². The van der Waals surface area contributed by atoms with Gasteiger partial charge in [-0.25, -0.2) is 0 Å². The Morgan fingerprint density at radius 2 is 2.46 bits per heavy atom. The number of thiophene rings is 1. The highest BCUT2D eigenvalue weighted by atomic mass is 79.9. The molecule has 0 atom stereocenters. The van der Waals surface area contributed by atoms with Crippen molar-refractivity contribution < 1.29 is 4.84 Å².